The van der Waals surface area contributed by atoms with Crippen LogP contribution in [0.5, 0.6) is 0 Å². The smallest absolute Gasteiger partial charge is 0.243 e. The van der Waals surface area contributed by atoms with Crippen LogP contribution in [-0.4, -0.2) is 46.4 Å². The van der Waals surface area contributed by atoms with Crippen molar-refractivity contribution in [3.63, 3.8) is 0 Å². The Morgan fingerprint density at radius 1 is 1.13 bits per heavy atom. The predicted octanol–water partition coefficient (Wildman–Crippen LogP) is 5.47. The monoisotopic (exact) mass is 586 g/mol. The number of sulfonamides is 1. The Balaban J connectivity index is 1.45. The molecular formula is C27H21ClF2N4O3S2. The second-order valence-corrected chi connectivity index (χ2v) is 13.2. The molecule has 0 saturated carbocycles. The number of fused-ring (bicyclic) bond motifs is 2. The van der Waals surface area contributed by atoms with Crippen molar-refractivity contribution in [1.29, 1.82) is 0 Å². The molecule has 0 spiro atoms. The Labute approximate surface area is 232 Å². The van der Waals surface area contributed by atoms with E-state index >= 15 is 0 Å². The molecule has 0 radical (unpaired) electrons. The van der Waals surface area contributed by atoms with Gasteiger partial charge in [0.2, 0.25) is 15.8 Å². The Hall–Kier alpha value is -3.25. The molecule has 0 unspecified atom stereocenters. The first kappa shape index (κ1) is 26.0. The number of halogens is 3. The lowest BCUT2D eigenvalue weighted by Crippen LogP contribution is -2.53. The zero-order valence-electron chi connectivity index (χ0n) is 20.6. The van der Waals surface area contributed by atoms with Gasteiger partial charge in [0.25, 0.3) is 0 Å². The molecule has 2 aliphatic rings. The van der Waals surface area contributed by atoms with E-state index in [1.54, 1.807) is 29.2 Å². The Morgan fingerprint density at radius 3 is 2.59 bits per heavy atom. The van der Waals surface area contributed by atoms with E-state index in [1.165, 1.54) is 39.9 Å². The highest BCUT2D eigenvalue weighted by Gasteiger charge is 2.51. The number of hydrogen-bond acceptors (Lipinski definition) is 6. The second kappa shape index (κ2) is 9.44. The lowest BCUT2D eigenvalue weighted by atomic mass is 9.66. The fraction of sp³-hybridized carbons (Fsp3) is 0.222. The number of ketones is 1. The highest BCUT2D eigenvalue weighted by molar-refractivity contribution is 7.89. The number of piperidine rings is 1. The van der Waals surface area contributed by atoms with Crippen LogP contribution >= 0.6 is 22.9 Å². The number of nitrogens with zero attached hydrogens (tertiary/aromatic N) is 4. The molecule has 7 nitrogen and oxygen atoms in total. The summed E-state index contributed by atoms with van der Waals surface area (Å²) < 4.78 is 57.9. The van der Waals surface area contributed by atoms with Crippen LogP contribution in [0.1, 0.15) is 32.4 Å². The van der Waals surface area contributed by atoms with Crippen LogP contribution in [0.2, 0.25) is 5.02 Å². The zero-order chi connectivity index (χ0) is 27.5. The number of hydrogen-bond donors (Lipinski definition) is 0. The van der Waals surface area contributed by atoms with E-state index in [0.29, 0.717) is 10.7 Å². The third-order valence-corrected chi connectivity index (χ3v) is 10.3. The molecule has 1 atom stereocenters. The van der Waals surface area contributed by atoms with Gasteiger partial charge in [0.1, 0.15) is 11.6 Å². The van der Waals surface area contributed by atoms with E-state index in [2.05, 4.69) is 10.1 Å². The molecule has 2 aromatic carbocycles. The lowest BCUT2D eigenvalue weighted by molar-refractivity contribution is 0.0775. The largest absolute Gasteiger partial charge is 0.290 e. The maximum Gasteiger partial charge on any atom is 0.243 e. The van der Waals surface area contributed by atoms with Gasteiger partial charge in [0, 0.05) is 24.2 Å². The first-order valence-electron chi connectivity index (χ1n) is 12.0. The van der Waals surface area contributed by atoms with Crippen molar-refractivity contribution in [2.45, 2.75) is 24.7 Å². The van der Waals surface area contributed by atoms with E-state index < -0.39 is 21.3 Å². The molecule has 1 saturated heterocycles. The van der Waals surface area contributed by atoms with Gasteiger partial charge in [-0.3, -0.25) is 4.79 Å². The minimum atomic E-state index is -4.14. The Kier molecular flexibility index (Phi) is 6.29. The topological polar surface area (TPSA) is 85.2 Å². The number of carbonyl (C=O) groups excluding carboxylic acids is 1. The summed E-state index contributed by atoms with van der Waals surface area (Å²) in [4.78, 5) is 19.1. The van der Waals surface area contributed by atoms with E-state index in [1.807, 2.05) is 13.0 Å². The average Bonchev–Trinajstić information content (AvgIpc) is 3.54. The van der Waals surface area contributed by atoms with E-state index in [9.17, 15) is 22.0 Å². The first-order chi connectivity index (χ1) is 18.6. The van der Waals surface area contributed by atoms with Gasteiger partial charge < -0.3 is 0 Å². The minimum Gasteiger partial charge on any atom is -0.290 e. The van der Waals surface area contributed by atoms with Gasteiger partial charge in [-0.25, -0.2) is 26.9 Å². The van der Waals surface area contributed by atoms with Gasteiger partial charge in [-0.1, -0.05) is 17.2 Å². The molecule has 3 heterocycles. The fourth-order valence-electron chi connectivity index (χ4n) is 5.26. The van der Waals surface area contributed by atoms with E-state index in [4.69, 9.17) is 11.6 Å². The molecule has 1 aliphatic heterocycles. The van der Waals surface area contributed by atoms with E-state index in [0.717, 1.165) is 27.8 Å². The van der Waals surface area contributed by atoms with Crippen LogP contribution in [0.25, 0.3) is 11.8 Å². The lowest BCUT2D eigenvalue weighted by Gasteiger charge is -2.44. The van der Waals surface area contributed by atoms with Gasteiger partial charge in [-0.05, 0) is 73.9 Å². The van der Waals surface area contributed by atoms with Crippen LogP contribution < -0.4 is 0 Å². The molecule has 1 fully saturated rings. The maximum atomic E-state index is 14.2. The number of aryl methyl sites for hydroxylation is 1. The summed E-state index contributed by atoms with van der Waals surface area (Å²) in [5.41, 5.74) is 1.72. The summed E-state index contributed by atoms with van der Waals surface area (Å²) in [6.45, 7) is 1.82. The average molecular weight is 587 g/mol. The first-order valence-corrected chi connectivity index (χ1v) is 14.7. The van der Waals surface area contributed by atoms with Gasteiger partial charge >= 0.3 is 0 Å². The van der Waals surface area contributed by atoms with Crippen molar-refractivity contribution in [3.8, 4) is 5.69 Å². The number of carbonyl (C=O) groups is 1. The summed E-state index contributed by atoms with van der Waals surface area (Å²) in [7, 11) is -4.14. The van der Waals surface area contributed by atoms with Crippen molar-refractivity contribution >= 4 is 44.8 Å². The molecule has 0 N–H and O–H groups in total. The minimum absolute atomic E-state index is 0.102. The highest BCUT2D eigenvalue weighted by Crippen LogP contribution is 2.47. The van der Waals surface area contributed by atoms with E-state index in [-0.39, 0.29) is 47.4 Å². The third kappa shape index (κ3) is 4.33. The molecule has 0 amide bonds. The second-order valence-electron chi connectivity index (χ2n) is 9.64. The molecule has 200 valence electrons. The Morgan fingerprint density at radius 2 is 1.90 bits per heavy atom. The number of aromatic nitrogens is 3. The van der Waals surface area contributed by atoms with Gasteiger partial charge in [0.05, 0.1) is 32.9 Å². The molecule has 12 heteroatoms. The molecular weight excluding hydrogens is 566 g/mol. The van der Waals surface area contributed by atoms with Crippen LogP contribution in [0.3, 0.4) is 0 Å². The molecule has 2 aromatic heterocycles. The predicted molar refractivity (Wildman–Crippen MR) is 144 cm³/mol. The summed E-state index contributed by atoms with van der Waals surface area (Å²) in [5.74, 6) is -1.47. The SMILES string of the molecule is Cc1cnc(C(=O)[C@]23Cc4cnn(-c5ccc(F)cc5)c4C=C2CCN(S(=O)(=O)c2ccc(Cl)c(F)c2)C3)s1. The summed E-state index contributed by atoms with van der Waals surface area (Å²) in [5, 5.41) is 4.61. The van der Waals surface area contributed by atoms with Crippen molar-refractivity contribution in [2.75, 3.05) is 13.1 Å². The fourth-order valence-corrected chi connectivity index (χ4v) is 7.69. The van der Waals surface area contributed by atoms with Crippen molar-refractivity contribution in [2.24, 2.45) is 5.41 Å². The van der Waals surface area contributed by atoms with Gasteiger partial charge in [0.15, 0.2) is 5.01 Å². The molecule has 1 aliphatic carbocycles. The van der Waals surface area contributed by atoms with Crippen molar-refractivity contribution in [1.82, 2.24) is 19.1 Å². The molecule has 39 heavy (non-hydrogen) atoms. The molecule has 4 aromatic rings. The molecule has 0 bridgehead atoms. The van der Waals surface area contributed by atoms with Crippen LogP contribution in [0, 0.1) is 24.0 Å². The van der Waals surface area contributed by atoms with Crippen LogP contribution in [0.4, 0.5) is 8.78 Å². The summed E-state index contributed by atoms with van der Waals surface area (Å²) >= 11 is 7.03. The number of Topliss-reactive ketones (excluding diaryl/α,β-unsaturated/α-hetero) is 1. The van der Waals surface area contributed by atoms with Crippen molar-refractivity contribution in [3.05, 3.63) is 98.2 Å². The maximum absolute atomic E-state index is 14.2. The number of thiazole rings is 1. The van der Waals surface area contributed by atoms with Crippen LogP contribution in [0.15, 0.2) is 65.3 Å². The number of benzene rings is 2. The quantitative estimate of drug-likeness (QED) is 0.289. The normalized spacial score (nSPS) is 19.3. The summed E-state index contributed by atoms with van der Waals surface area (Å²) in [6.07, 6.45) is 5.63. The van der Waals surface area contributed by atoms with Gasteiger partial charge in [-0.15, -0.1) is 11.3 Å². The standard InChI is InChI=1S/C27H21ClF2N4O3S2/c1-16-13-31-26(38-16)25(35)27-12-17-14-32-34(20-4-2-19(29)3-5-20)24(17)10-18(27)8-9-33(15-27)39(36,37)21-6-7-22(28)23(30)11-21/h2-7,10-11,13-14H,8-9,12,15H2,1H3/t27-/m0/s1. The van der Waals surface area contributed by atoms with Crippen molar-refractivity contribution < 1.29 is 22.0 Å². The number of rotatable bonds is 5. The summed E-state index contributed by atoms with van der Waals surface area (Å²) in [6, 6.07) is 9.29. The van der Waals surface area contributed by atoms with Gasteiger partial charge in [-0.2, -0.15) is 9.40 Å². The third-order valence-electron chi connectivity index (χ3n) is 7.23. The highest BCUT2D eigenvalue weighted by atomic mass is 35.5. The zero-order valence-corrected chi connectivity index (χ0v) is 23.0. The Bertz CT molecular complexity index is 1770. The molecule has 6 rings (SSSR count). The van der Waals surface area contributed by atoms with Crippen LogP contribution in [-0.2, 0) is 16.4 Å².